The SMILES string of the molecule is O=C(O)c1ccc(NC(=O)c2ccc(Cl)cc2O)s1. The number of hydrogen-bond donors (Lipinski definition) is 3. The molecule has 1 aromatic heterocycles. The van der Waals surface area contributed by atoms with Crippen LogP contribution in [0, 0.1) is 0 Å². The molecule has 1 aromatic carbocycles. The average Bonchev–Trinajstić information content (AvgIpc) is 2.77. The van der Waals surface area contributed by atoms with Gasteiger partial charge >= 0.3 is 5.97 Å². The standard InChI is InChI=1S/C12H8ClNO4S/c13-6-1-2-7(8(15)5-6)11(16)14-10-4-3-9(19-10)12(17)18/h1-5,15H,(H,14,16)(H,17,18). The molecule has 19 heavy (non-hydrogen) atoms. The fraction of sp³-hybridized carbons (Fsp3) is 0. The van der Waals surface area contributed by atoms with Crippen molar-refractivity contribution in [2.75, 3.05) is 5.32 Å². The van der Waals surface area contributed by atoms with Gasteiger partial charge in [0.15, 0.2) is 0 Å². The smallest absolute Gasteiger partial charge is 0.345 e. The zero-order chi connectivity index (χ0) is 14.0. The predicted molar refractivity (Wildman–Crippen MR) is 72.3 cm³/mol. The van der Waals surface area contributed by atoms with Gasteiger partial charge in [-0.3, -0.25) is 4.79 Å². The molecule has 0 bridgehead atoms. The maximum absolute atomic E-state index is 11.9. The molecule has 0 fully saturated rings. The Morgan fingerprint density at radius 3 is 2.53 bits per heavy atom. The Balaban J connectivity index is 2.18. The number of nitrogens with one attached hydrogen (secondary N) is 1. The first kappa shape index (κ1) is 13.4. The Hall–Kier alpha value is -2.05. The van der Waals surface area contributed by atoms with Gasteiger partial charge in [0.1, 0.15) is 10.6 Å². The summed E-state index contributed by atoms with van der Waals surface area (Å²) in [7, 11) is 0. The van der Waals surface area contributed by atoms with Gasteiger partial charge in [-0.05, 0) is 30.3 Å². The van der Waals surface area contributed by atoms with Crippen LogP contribution in [0.3, 0.4) is 0 Å². The Labute approximate surface area is 117 Å². The minimum absolute atomic E-state index is 0.0645. The van der Waals surface area contributed by atoms with E-state index < -0.39 is 11.9 Å². The van der Waals surface area contributed by atoms with Crippen molar-refractivity contribution in [1.82, 2.24) is 0 Å². The predicted octanol–water partition coefficient (Wildman–Crippen LogP) is 3.06. The number of rotatable bonds is 3. The average molecular weight is 298 g/mol. The molecule has 1 amide bonds. The molecule has 7 heteroatoms. The largest absolute Gasteiger partial charge is 0.507 e. The van der Waals surface area contributed by atoms with E-state index >= 15 is 0 Å². The van der Waals surface area contributed by atoms with Gasteiger partial charge in [0, 0.05) is 5.02 Å². The molecule has 0 atom stereocenters. The summed E-state index contributed by atoms with van der Waals surface area (Å²) >= 11 is 6.60. The van der Waals surface area contributed by atoms with Crippen LogP contribution >= 0.6 is 22.9 Å². The van der Waals surface area contributed by atoms with Crippen molar-refractivity contribution in [2.24, 2.45) is 0 Å². The van der Waals surface area contributed by atoms with Crippen molar-refractivity contribution in [3.63, 3.8) is 0 Å². The van der Waals surface area contributed by atoms with E-state index in [0.717, 1.165) is 11.3 Å². The first-order valence-electron chi connectivity index (χ1n) is 5.10. The van der Waals surface area contributed by atoms with Crippen LogP contribution in [-0.4, -0.2) is 22.1 Å². The lowest BCUT2D eigenvalue weighted by Crippen LogP contribution is -2.10. The summed E-state index contributed by atoms with van der Waals surface area (Å²) in [5.74, 6) is -1.83. The molecule has 0 spiro atoms. The van der Waals surface area contributed by atoms with Gasteiger partial charge in [0.2, 0.25) is 0 Å². The highest BCUT2D eigenvalue weighted by molar-refractivity contribution is 7.18. The number of carboxylic acids is 1. The Morgan fingerprint density at radius 1 is 1.21 bits per heavy atom. The normalized spacial score (nSPS) is 10.2. The van der Waals surface area contributed by atoms with E-state index in [9.17, 15) is 14.7 Å². The zero-order valence-electron chi connectivity index (χ0n) is 9.38. The number of anilines is 1. The number of hydrogen-bond acceptors (Lipinski definition) is 4. The molecule has 0 saturated heterocycles. The second kappa shape index (κ2) is 5.29. The molecule has 0 unspecified atom stereocenters. The highest BCUT2D eigenvalue weighted by Crippen LogP contribution is 2.25. The Bertz CT molecular complexity index is 653. The van der Waals surface area contributed by atoms with E-state index in [-0.39, 0.29) is 16.2 Å². The van der Waals surface area contributed by atoms with E-state index in [0.29, 0.717) is 10.0 Å². The minimum atomic E-state index is -1.06. The third-order valence-corrected chi connectivity index (χ3v) is 3.48. The Morgan fingerprint density at radius 2 is 1.95 bits per heavy atom. The molecule has 0 aliphatic rings. The molecular formula is C12H8ClNO4S. The third kappa shape index (κ3) is 3.04. The number of aromatic hydroxyl groups is 1. The molecule has 0 aliphatic heterocycles. The first-order valence-corrected chi connectivity index (χ1v) is 6.30. The topological polar surface area (TPSA) is 86.6 Å². The van der Waals surface area contributed by atoms with Crippen LogP contribution in [0.4, 0.5) is 5.00 Å². The number of carbonyl (C=O) groups is 2. The van der Waals surface area contributed by atoms with E-state index in [1.807, 2.05) is 0 Å². The fourth-order valence-electron chi connectivity index (χ4n) is 1.40. The number of aromatic carboxylic acids is 1. The number of halogens is 1. The lowest BCUT2D eigenvalue weighted by atomic mass is 10.2. The van der Waals surface area contributed by atoms with Gasteiger partial charge < -0.3 is 15.5 Å². The molecule has 3 N–H and O–H groups in total. The van der Waals surface area contributed by atoms with Crippen LogP contribution in [0.15, 0.2) is 30.3 Å². The number of benzene rings is 1. The van der Waals surface area contributed by atoms with E-state index in [4.69, 9.17) is 16.7 Å². The van der Waals surface area contributed by atoms with Crippen molar-refractivity contribution >= 4 is 39.8 Å². The van der Waals surface area contributed by atoms with Gasteiger partial charge in [0.25, 0.3) is 5.91 Å². The number of amides is 1. The number of phenols is 1. The summed E-state index contributed by atoms with van der Waals surface area (Å²) < 4.78 is 0. The van der Waals surface area contributed by atoms with Crippen LogP contribution in [0.1, 0.15) is 20.0 Å². The quantitative estimate of drug-likeness (QED) is 0.812. The molecule has 0 radical (unpaired) electrons. The van der Waals surface area contributed by atoms with Crippen molar-refractivity contribution in [3.05, 3.63) is 45.8 Å². The summed E-state index contributed by atoms with van der Waals surface area (Å²) in [6.07, 6.45) is 0. The fourth-order valence-corrected chi connectivity index (χ4v) is 2.30. The lowest BCUT2D eigenvalue weighted by molar-refractivity contribution is 0.0702. The number of carboxylic acid groups (broad SMARTS) is 1. The summed E-state index contributed by atoms with van der Waals surface area (Å²) in [5.41, 5.74) is 0.0645. The van der Waals surface area contributed by atoms with Gasteiger partial charge in [-0.15, -0.1) is 11.3 Å². The Kier molecular flexibility index (Phi) is 3.73. The van der Waals surface area contributed by atoms with Crippen LogP contribution in [0.5, 0.6) is 5.75 Å². The first-order chi connectivity index (χ1) is 8.97. The maximum atomic E-state index is 11.9. The monoisotopic (exact) mass is 297 g/mol. The zero-order valence-corrected chi connectivity index (χ0v) is 11.0. The summed E-state index contributed by atoms with van der Waals surface area (Å²) in [4.78, 5) is 22.7. The van der Waals surface area contributed by atoms with Crippen molar-refractivity contribution < 1.29 is 19.8 Å². The summed E-state index contributed by atoms with van der Waals surface area (Å²) in [6.45, 7) is 0. The van der Waals surface area contributed by atoms with E-state index in [1.165, 1.54) is 30.3 Å². The van der Waals surface area contributed by atoms with E-state index in [1.54, 1.807) is 0 Å². The lowest BCUT2D eigenvalue weighted by Gasteiger charge is -2.04. The molecule has 98 valence electrons. The van der Waals surface area contributed by atoms with Crippen molar-refractivity contribution in [2.45, 2.75) is 0 Å². The summed E-state index contributed by atoms with van der Waals surface area (Å²) in [5, 5.41) is 21.6. The highest BCUT2D eigenvalue weighted by atomic mass is 35.5. The van der Waals surface area contributed by atoms with Gasteiger partial charge in [-0.2, -0.15) is 0 Å². The van der Waals surface area contributed by atoms with Crippen LogP contribution < -0.4 is 5.32 Å². The third-order valence-electron chi connectivity index (χ3n) is 2.26. The highest BCUT2D eigenvalue weighted by Gasteiger charge is 2.14. The van der Waals surface area contributed by atoms with Crippen molar-refractivity contribution in [3.8, 4) is 5.75 Å². The molecule has 0 aliphatic carbocycles. The molecule has 2 rings (SSSR count). The molecular weight excluding hydrogens is 290 g/mol. The minimum Gasteiger partial charge on any atom is -0.507 e. The van der Waals surface area contributed by atoms with Crippen LogP contribution in [-0.2, 0) is 0 Å². The molecule has 0 saturated carbocycles. The summed E-state index contributed by atoms with van der Waals surface area (Å²) in [6, 6.07) is 7.00. The maximum Gasteiger partial charge on any atom is 0.345 e. The second-order valence-corrected chi connectivity index (χ2v) is 5.10. The number of carbonyl (C=O) groups excluding carboxylic acids is 1. The van der Waals surface area contributed by atoms with Crippen LogP contribution in [0.25, 0.3) is 0 Å². The van der Waals surface area contributed by atoms with Crippen LogP contribution in [0.2, 0.25) is 5.02 Å². The van der Waals surface area contributed by atoms with Gasteiger partial charge in [0.05, 0.1) is 10.6 Å². The molecule has 5 nitrogen and oxygen atoms in total. The second-order valence-electron chi connectivity index (χ2n) is 3.58. The number of phenolic OH excluding ortho intramolecular Hbond substituents is 1. The molecule has 2 aromatic rings. The molecule has 1 heterocycles. The van der Waals surface area contributed by atoms with Gasteiger partial charge in [-0.1, -0.05) is 11.6 Å². The number of thiophene rings is 1. The van der Waals surface area contributed by atoms with E-state index in [2.05, 4.69) is 5.32 Å². The van der Waals surface area contributed by atoms with Crippen molar-refractivity contribution in [1.29, 1.82) is 0 Å². The van der Waals surface area contributed by atoms with Gasteiger partial charge in [-0.25, -0.2) is 4.79 Å².